The summed E-state index contributed by atoms with van der Waals surface area (Å²) < 4.78 is 0. The van der Waals surface area contributed by atoms with Gasteiger partial charge in [-0.25, -0.2) is 0 Å². The maximum Gasteiger partial charge on any atom is -0.0172 e. The average molecular weight is 92.1 g/mol. The first-order chi connectivity index (χ1) is 3.45. The molecule has 1 spiro atoms. The van der Waals surface area contributed by atoms with Crippen molar-refractivity contribution >= 4 is 0 Å². The Labute approximate surface area is 42.9 Å². The van der Waals surface area contributed by atoms with Gasteiger partial charge in [-0.1, -0.05) is 0 Å². The molecule has 0 amide bonds. The van der Waals surface area contributed by atoms with Crippen LogP contribution in [-0.4, -0.2) is 0 Å². The largest absolute Gasteiger partial charge is 0.0459 e. The van der Waals surface area contributed by atoms with Crippen LogP contribution in [0.3, 0.4) is 0 Å². The van der Waals surface area contributed by atoms with Crippen LogP contribution in [0.25, 0.3) is 0 Å². The molecule has 4 rings (SSSR count). The maximum atomic E-state index is 1.65. The summed E-state index contributed by atoms with van der Waals surface area (Å²) in [6.07, 6.45) is 3.30. The van der Waals surface area contributed by atoms with Crippen LogP contribution < -0.4 is 0 Å². The molecule has 0 aromatic carbocycles. The second-order valence-electron chi connectivity index (χ2n) is 3.90. The van der Waals surface area contributed by atoms with Gasteiger partial charge >= 0.3 is 0 Å². The molecule has 0 heteroatoms. The molecule has 0 N–H and O–H groups in total. The Morgan fingerprint density at radius 3 is 1.29 bits per heavy atom. The molecule has 4 aliphatic rings. The van der Waals surface area contributed by atoms with Gasteiger partial charge in [0.2, 0.25) is 0 Å². The summed E-state index contributed by atoms with van der Waals surface area (Å²) in [4.78, 5) is 0. The first-order valence-electron chi connectivity index (χ1n) is 3.45. The monoisotopic (exact) mass is 92.1 g/mol. The summed E-state index contributed by atoms with van der Waals surface area (Å²) in [5.74, 6) is 5.18. The topological polar surface area (TPSA) is 0 Å². The molecule has 36 valence electrons. The highest BCUT2D eigenvalue weighted by Gasteiger charge is 2.97. The Hall–Kier alpha value is 0. The number of hydrogen-bond acceptors (Lipinski definition) is 0. The van der Waals surface area contributed by atoms with Gasteiger partial charge in [-0.2, -0.15) is 0 Å². The highest BCUT2D eigenvalue weighted by molar-refractivity contribution is 5.45. The van der Waals surface area contributed by atoms with E-state index in [0.29, 0.717) is 0 Å². The summed E-state index contributed by atoms with van der Waals surface area (Å²) in [5, 5.41) is 0. The van der Waals surface area contributed by atoms with Gasteiger partial charge in [0.15, 0.2) is 0 Å². The van der Waals surface area contributed by atoms with E-state index >= 15 is 0 Å². The van der Waals surface area contributed by atoms with Crippen LogP contribution in [0.5, 0.6) is 0 Å². The molecule has 0 bridgehead atoms. The third-order valence-electron chi connectivity index (χ3n) is 4.34. The molecular weight excluding hydrogens is 84.1 g/mol. The van der Waals surface area contributed by atoms with Crippen LogP contribution in [0.1, 0.15) is 12.8 Å². The van der Waals surface area contributed by atoms with E-state index < -0.39 is 0 Å². The normalized spacial score (nSPS) is 96.0. The third kappa shape index (κ3) is 0.0741. The van der Waals surface area contributed by atoms with E-state index in [4.69, 9.17) is 0 Å². The fourth-order valence-electron chi connectivity index (χ4n) is 3.98. The fourth-order valence-corrected chi connectivity index (χ4v) is 3.98. The van der Waals surface area contributed by atoms with Gasteiger partial charge < -0.3 is 0 Å². The van der Waals surface area contributed by atoms with E-state index in [1.54, 1.807) is 12.8 Å². The Morgan fingerprint density at radius 2 is 1.29 bits per heavy atom. The molecule has 0 radical (unpaired) electrons. The molecule has 4 fully saturated rings. The summed E-state index contributed by atoms with van der Waals surface area (Å²) >= 11 is 0. The van der Waals surface area contributed by atoms with Crippen molar-refractivity contribution in [2.75, 3.05) is 0 Å². The zero-order valence-electron chi connectivity index (χ0n) is 4.22. The molecule has 0 aromatic heterocycles. The van der Waals surface area contributed by atoms with Gasteiger partial charge in [0.25, 0.3) is 0 Å². The lowest BCUT2D eigenvalue weighted by molar-refractivity contribution is 0.448. The van der Waals surface area contributed by atoms with Gasteiger partial charge in [0, 0.05) is 0 Å². The lowest BCUT2D eigenvalue weighted by Gasteiger charge is -2.04. The van der Waals surface area contributed by atoms with Crippen molar-refractivity contribution in [3.05, 3.63) is 0 Å². The number of rotatable bonds is 0. The van der Waals surface area contributed by atoms with Crippen LogP contribution >= 0.6 is 0 Å². The van der Waals surface area contributed by atoms with Crippen molar-refractivity contribution in [3.8, 4) is 0 Å². The van der Waals surface area contributed by atoms with Gasteiger partial charge in [0.1, 0.15) is 0 Å². The second kappa shape index (κ2) is 0.375. The molecule has 0 saturated heterocycles. The standard InChI is InChI=1S/C7H8/c1-3-5-2-6-4(1)7(3,5)6/h3-6H,1-2H2. The van der Waals surface area contributed by atoms with Gasteiger partial charge in [-0.3, -0.25) is 0 Å². The molecule has 0 aliphatic heterocycles. The Kier molecular flexibility index (Phi) is 0.135. The molecule has 4 atom stereocenters. The summed E-state index contributed by atoms with van der Waals surface area (Å²) in [7, 11) is 0. The van der Waals surface area contributed by atoms with Crippen molar-refractivity contribution in [1.82, 2.24) is 0 Å². The van der Waals surface area contributed by atoms with E-state index in [9.17, 15) is 0 Å². The lowest BCUT2D eigenvalue weighted by Crippen LogP contribution is -1.97. The molecule has 7 heavy (non-hydrogen) atoms. The van der Waals surface area contributed by atoms with E-state index in [-0.39, 0.29) is 0 Å². The number of fused-ring (bicyclic) bond motifs is 2. The molecule has 4 aliphatic carbocycles. The molecule has 4 unspecified atom stereocenters. The van der Waals surface area contributed by atoms with E-state index in [1.165, 1.54) is 23.7 Å². The SMILES string of the molecule is C1C2C3CC4C1C234. The van der Waals surface area contributed by atoms with Crippen molar-refractivity contribution in [2.45, 2.75) is 12.8 Å². The zero-order chi connectivity index (χ0) is 4.22. The first-order valence-corrected chi connectivity index (χ1v) is 3.45. The summed E-state index contributed by atoms with van der Waals surface area (Å²) in [6.45, 7) is 0. The van der Waals surface area contributed by atoms with E-state index in [2.05, 4.69) is 0 Å². The molecule has 0 aromatic rings. The lowest BCUT2D eigenvalue weighted by atomic mass is 10.0. The van der Waals surface area contributed by atoms with Crippen LogP contribution in [0.15, 0.2) is 0 Å². The number of hydrogen-bond donors (Lipinski definition) is 0. The zero-order valence-corrected chi connectivity index (χ0v) is 4.22. The van der Waals surface area contributed by atoms with Gasteiger partial charge in [0.05, 0.1) is 0 Å². The molecular formula is C7H8. The van der Waals surface area contributed by atoms with E-state index in [0.717, 1.165) is 5.41 Å². The third-order valence-corrected chi connectivity index (χ3v) is 4.34. The van der Waals surface area contributed by atoms with Crippen LogP contribution in [-0.2, 0) is 0 Å². The average Bonchev–Trinajstić information content (AvgIpc) is 2.15. The van der Waals surface area contributed by atoms with Crippen molar-refractivity contribution in [2.24, 2.45) is 29.1 Å². The Bertz CT molecular complexity index is 131. The second-order valence-corrected chi connectivity index (χ2v) is 3.90. The minimum Gasteiger partial charge on any atom is -0.0459 e. The molecule has 4 saturated carbocycles. The van der Waals surface area contributed by atoms with Gasteiger partial charge in [-0.05, 0) is 41.9 Å². The molecule has 0 nitrogen and oxygen atoms in total. The van der Waals surface area contributed by atoms with Gasteiger partial charge in [-0.15, -0.1) is 0 Å². The maximum absolute atomic E-state index is 1.65. The molecule has 0 heterocycles. The van der Waals surface area contributed by atoms with Crippen LogP contribution in [0.2, 0.25) is 0 Å². The highest BCUT2D eigenvalue weighted by Crippen LogP contribution is 3.02. The Balaban J connectivity index is 2.19. The first kappa shape index (κ1) is 2.52. The summed E-state index contributed by atoms with van der Waals surface area (Å²) in [5.41, 5.74) is 1.11. The predicted octanol–water partition coefficient (Wildman–Crippen LogP) is 1.27. The fraction of sp³-hybridized carbons (Fsp3) is 1.00. The summed E-state index contributed by atoms with van der Waals surface area (Å²) in [6, 6.07) is 0. The highest BCUT2D eigenvalue weighted by atomic mass is 15.0. The predicted molar refractivity (Wildman–Crippen MR) is 25.6 cm³/mol. The van der Waals surface area contributed by atoms with Crippen LogP contribution in [0, 0.1) is 29.1 Å². The van der Waals surface area contributed by atoms with Crippen molar-refractivity contribution < 1.29 is 0 Å². The minimum absolute atomic E-state index is 1.11. The Morgan fingerprint density at radius 1 is 0.857 bits per heavy atom. The van der Waals surface area contributed by atoms with Crippen LogP contribution in [0.4, 0.5) is 0 Å². The quantitative estimate of drug-likeness (QED) is 0.422. The van der Waals surface area contributed by atoms with Crippen molar-refractivity contribution in [3.63, 3.8) is 0 Å². The van der Waals surface area contributed by atoms with Crippen molar-refractivity contribution in [1.29, 1.82) is 0 Å². The minimum atomic E-state index is 1.11. The van der Waals surface area contributed by atoms with E-state index in [1.807, 2.05) is 0 Å². The smallest absolute Gasteiger partial charge is 0.0172 e.